The lowest BCUT2D eigenvalue weighted by atomic mass is 10.2. The Morgan fingerprint density at radius 3 is 2.96 bits per heavy atom. The van der Waals surface area contributed by atoms with Gasteiger partial charge >= 0.3 is 0 Å². The van der Waals surface area contributed by atoms with Gasteiger partial charge in [0.1, 0.15) is 6.26 Å². The monoisotopic (exact) mass is 416 g/mol. The summed E-state index contributed by atoms with van der Waals surface area (Å²) in [5, 5.41) is 6.79. The standard InChI is InChI=1S/C19H17ClN4O3S/c20-13-2-1-3-14(8-13)21-17(25)10-24-6-4-15-16(9-24)28-19(22-15)23-18(26)12-5-7-27-11-12/h1-3,5,7-8,11H,4,6,9-10H2,(H,21,25)(H,22,23,26). The Morgan fingerprint density at radius 2 is 2.18 bits per heavy atom. The highest BCUT2D eigenvalue weighted by Gasteiger charge is 2.23. The SMILES string of the molecule is O=C(CN1CCc2nc(NC(=O)c3ccoc3)sc2C1)Nc1cccc(Cl)c1. The zero-order valence-electron chi connectivity index (χ0n) is 14.8. The topological polar surface area (TPSA) is 87.5 Å². The third-order valence-electron chi connectivity index (χ3n) is 4.29. The second kappa shape index (κ2) is 8.14. The van der Waals surface area contributed by atoms with Crippen molar-refractivity contribution in [2.45, 2.75) is 13.0 Å². The van der Waals surface area contributed by atoms with Crippen LogP contribution < -0.4 is 10.6 Å². The lowest BCUT2D eigenvalue weighted by Crippen LogP contribution is -2.36. The molecule has 3 heterocycles. The molecule has 2 amide bonds. The number of nitrogens with one attached hydrogen (secondary N) is 2. The van der Waals surface area contributed by atoms with Gasteiger partial charge in [-0.2, -0.15) is 0 Å². The minimum atomic E-state index is -0.252. The molecule has 0 saturated heterocycles. The normalized spacial score (nSPS) is 13.8. The predicted octanol–water partition coefficient (Wildman–Crippen LogP) is 3.64. The van der Waals surface area contributed by atoms with Crippen molar-refractivity contribution in [3.05, 3.63) is 64.0 Å². The average Bonchev–Trinajstić information content (AvgIpc) is 3.30. The molecule has 0 fully saturated rings. The van der Waals surface area contributed by atoms with Crippen LogP contribution in [0.5, 0.6) is 0 Å². The smallest absolute Gasteiger partial charge is 0.260 e. The summed E-state index contributed by atoms with van der Waals surface area (Å²) in [5.74, 6) is -0.346. The van der Waals surface area contributed by atoms with E-state index in [1.165, 1.54) is 23.9 Å². The Kier molecular flexibility index (Phi) is 5.43. The first-order valence-corrected chi connectivity index (χ1v) is 9.86. The van der Waals surface area contributed by atoms with Gasteiger partial charge in [-0.05, 0) is 24.3 Å². The quantitative estimate of drug-likeness (QED) is 0.663. The van der Waals surface area contributed by atoms with E-state index in [4.69, 9.17) is 16.0 Å². The largest absolute Gasteiger partial charge is 0.472 e. The van der Waals surface area contributed by atoms with Crippen LogP contribution in [0.15, 0.2) is 47.3 Å². The maximum Gasteiger partial charge on any atom is 0.260 e. The van der Waals surface area contributed by atoms with E-state index in [0.29, 0.717) is 27.9 Å². The van der Waals surface area contributed by atoms with Crippen LogP contribution in [0.2, 0.25) is 5.02 Å². The van der Waals surface area contributed by atoms with Gasteiger partial charge in [0.2, 0.25) is 5.91 Å². The van der Waals surface area contributed by atoms with Crippen LogP contribution in [-0.2, 0) is 17.8 Å². The van der Waals surface area contributed by atoms with Crippen LogP contribution in [0.1, 0.15) is 20.9 Å². The van der Waals surface area contributed by atoms with E-state index in [-0.39, 0.29) is 18.4 Å². The van der Waals surface area contributed by atoms with E-state index < -0.39 is 0 Å². The Bertz CT molecular complexity index is 1000. The van der Waals surface area contributed by atoms with Crippen LogP contribution in [0.3, 0.4) is 0 Å². The van der Waals surface area contributed by atoms with Crippen LogP contribution in [0.4, 0.5) is 10.8 Å². The molecule has 0 saturated carbocycles. The first-order valence-electron chi connectivity index (χ1n) is 8.67. The maximum atomic E-state index is 12.3. The summed E-state index contributed by atoms with van der Waals surface area (Å²) in [5.41, 5.74) is 2.10. The molecule has 1 aliphatic rings. The number of carbonyl (C=O) groups excluding carboxylic acids is 2. The van der Waals surface area contributed by atoms with Crippen molar-refractivity contribution in [1.82, 2.24) is 9.88 Å². The second-order valence-electron chi connectivity index (χ2n) is 6.37. The molecule has 7 nitrogen and oxygen atoms in total. The van der Waals surface area contributed by atoms with E-state index in [9.17, 15) is 9.59 Å². The molecule has 0 bridgehead atoms. The third kappa shape index (κ3) is 4.41. The number of nitrogens with zero attached hydrogens (tertiary/aromatic N) is 2. The minimum absolute atomic E-state index is 0.0938. The molecule has 0 aliphatic carbocycles. The molecule has 1 aromatic carbocycles. The summed E-state index contributed by atoms with van der Waals surface area (Å²) < 4.78 is 4.93. The maximum absolute atomic E-state index is 12.3. The number of hydrogen-bond acceptors (Lipinski definition) is 6. The molecule has 4 rings (SSSR count). The highest BCUT2D eigenvalue weighted by Crippen LogP contribution is 2.28. The fourth-order valence-corrected chi connectivity index (χ4v) is 4.21. The zero-order chi connectivity index (χ0) is 19.5. The molecule has 9 heteroatoms. The van der Waals surface area contributed by atoms with Crippen LogP contribution in [0, 0.1) is 0 Å². The van der Waals surface area contributed by atoms with Gasteiger partial charge in [-0.3, -0.25) is 19.8 Å². The fourth-order valence-electron chi connectivity index (χ4n) is 2.97. The summed E-state index contributed by atoms with van der Waals surface area (Å²) in [7, 11) is 0. The Hall–Kier alpha value is -2.68. The lowest BCUT2D eigenvalue weighted by molar-refractivity contribution is -0.117. The van der Waals surface area contributed by atoms with Gasteiger partial charge in [0.15, 0.2) is 5.13 Å². The van der Waals surface area contributed by atoms with E-state index in [1.807, 2.05) is 0 Å². The molecule has 144 valence electrons. The molecule has 3 aromatic rings. The number of thiazole rings is 1. The molecule has 0 atom stereocenters. The van der Waals surface area contributed by atoms with E-state index in [2.05, 4.69) is 20.5 Å². The number of fused-ring (bicyclic) bond motifs is 1. The van der Waals surface area contributed by atoms with Crippen molar-refractivity contribution in [1.29, 1.82) is 0 Å². The Labute approximate surface area is 170 Å². The van der Waals surface area contributed by atoms with Gasteiger partial charge < -0.3 is 9.73 Å². The van der Waals surface area contributed by atoms with Gasteiger partial charge in [0, 0.05) is 35.1 Å². The van der Waals surface area contributed by atoms with Crippen molar-refractivity contribution < 1.29 is 14.0 Å². The molecule has 28 heavy (non-hydrogen) atoms. The average molecular weight is 417 g/mol. The van der Waals surface area contributed by atoms with Gasteiger partial charge in [-0.1, -0.05) is 17.7 Å². The van der Waals surface area contributed by atoms with Gasteiger partial charge in [-0.25, -0.2) is 4.98 Å². The van der Waals surface area contributed by atoms with Crippen LogP contribution in [0.25, 0.3) is 0 Å². The van der Waals surface area contributed by atoms with Crippen molar-refractivity contribution >= 4 is 45.6 Å². The molecule has 2 aromatic heterocycles. The number of anilines is 2. The fraction of sp³-hybridized carbons (Fsp3) is 0.211. The molecule has 2 N–H and O–H groups in total. The first kappa shape index (κ1) is 18.7. The van der Waals surface area contributed by atoms with Gasteiger partial charge in [-0.15, -0.1) is 11.3 Å². The van der Waals surface area contributed by atoms with Gasteiger partial charge in [0.05, 0.1) is 24.1 Å². The number of benzene rings is 1. The van der Waals surface area contributed by atoms with Crippen LogP contribution in [-0.4, -0.2) is 34.8 Å². The third-order valence-corrected chi connectivity index (χ3v) is 5.52. The lowest BCUT2D eigenvalue weighted by Gasteiger charge is -2.25. The number of amides is 2. The predicted molar refractivity (Wildman–Crippen MR) is 108 cm³/mol. The van der Waals surface area contributed by atoms with Crippen molar-refractivity contribution in [2.24, 2.45) is 0 Å². The summed E-state index contributed by atoms with van der Waals surface area (Å²) in [6.45, 7) is 1.63. The number of furan rings is 1. The Morgan fingerprint density at radius 1 is 1.29 bits per heavy atom. The summed E-state index contributed by atoms with van der Waals surface area (Å²) >= 11 is 7.38. The van der Waals surface area contributed by atoms with Crippen LogP contribution >= 0.6 is 22.9 Å². The summed E-state index contributed by atoms with van der Waals surface area (Å²) in [6, 6.07) is 8.67. The molecular formula is C19H17ClN4O3S. The molecular weight excluding hydrogens is 400 g/mol. The van der Waals surface area contributed by atoms with E-state index >= 15 is 0 Å². The number of hydrogen-bond donors (Lipinski definition) is 2. The molecule has 1 aliphatic heterocycles. The number of carbonyl (C=O) groups is 2. The Balaban J connectivity index is 1.35. The zero-order valence-corrected chi connectivity index (χ0v) is 16.3. The highest BCUT2D eigenvalue weighted by molar-refractivity contribution is 7.15. The van der Waals surface area contributed by atoms with Crippen molar-refractivity contribution in [2.75, 3.05) is 23.7 Å². The van der Waals surface area contributed by atoms with E-state index in [1.54, 1.807) is 30.3 Å². The summed E-state index contributed by atoms with van der Waals surface area (Å²) in [4.78, 5) is 32.1. The molecule has 0 unspecified atom stereocenters. The summed E-state index contributed by atoms with van der Waals surface area (Å²) in [6.07, 6.45) is 3.58. The van der Waals surface area contributed by atoms with E-state index in [0.717, 1.165) is 23.5 Å². The van der Waals surface area contributed by atoms with Gasteiger partial charge in [0.25, 0.3) is 5.91 Å². The molecule has 0 spiro atoms. The second-order valence-corrected chi connectivity index (χ2v) is 7.89. The number of halogens is 1. The van der Waals surface area contributed by atoms with Crippen molar-refractivity contribution in [3.8, 4) is 0 Å². The first-order chi connectivity index (χ1) is 13.6. The minimum Gasteiger partial charge on any atom is -0.472 e. The molecule has 0 radical (unpaired) electrons. The van der Waals surface area contributed by atoms with Crippen molar-refractivity contribution in [3.63, 3.8) is 0 Å². The number of aromatic nitrogens is 1. The number of rotatable bonds is 5. The highest BCUT2D eigenvalue weighted by atomic mass is 35.5.